The number of carbonyl (C=O) groups excluding carboxylic acids is 1. The number of carbonyl (C=O) groups is 1. The molecule has 130 valence electrons. The molecule has 0 saturated carbocycles. The summed E-state index contributed by atoms with van der Waals surface area (Å²) in [7, 11) is 7.13. The molecule has 0 saturated heterocycles. The molecule has 7 heteroatoms. The molecule has 24 heavy (non-hydrogen) atoms. The van der Waals surface area contributed by atoms with Crippen LogP contribution in [-0.4, -0.2) is 45.8 Å². The number of methoxy groups -OCH3 is 2. The monoisotopic (exact) mass is 349 g/mol. The van der Waals surface area contributed by atoms with Crippen molar-refractivity contribution in [3.05, 3.63) is 40.6 Å². The maximum Gasteiger partial charge on any atom is 0.319 e. The van der Waals surface area contributed by atoms with Crippen LogP contribution in [0.15, 0.2) is 35.0 Å². The van der Waals surface area contributed by atoms with Crippen LogP contribution in [0.25, 0.3) is 0 Å². The van der Waals surface area contributed by atoms with E-state index in [2.05, 4.69) is 27.0 Å². The quantitative estimate of drug-likeness (QED) is 0.806. The maximum atomic E-state index is 12.2. The van der Waals surface area contributed by atoms with E-state index in [0.717, 1.165) is 0 Å². The van der Waals surface area contributed by atoms with E-state index in [9.17, 15) is 4.79 Å². The van der Waals surface area contributed by atoms with Crippen LogP contribution in [0.1, 0.15) is 11.6 Å². The lowest BCUT2D eigenvalue weighted by molar-refractivity contribution is 0.243. The van der Waals surface area contributed by atoms with E-state index in [-0.39, 0.29) is 12.1 Å². The predicted octanol–water partition coefficient (Wildman–Crippen LogP) is 3.19. The van der Waals surface area contributed by atoms with Crippen molar-refractivity contribution in [2.45, 2.75) is 6.04 Å². The number of hydrogen-bond donors (Lipinski definition) is 2. The zero-order chi connectivity index (χ0) is 17.5. The highest BCUT2D eigenvalue weighted by Crippen LogP contribution is 2.29. The number of benzene rings is 1. The molecule has 0 unspecified atom stereocenters. The SMILES string of the molecule is COc1ccc(NC(=O)NC[C@@H](c2ccsc2)N(C)C)cc1OC. The third-order valence-corrected chi connectivity index (χ3v) is 4.35. The Balaban J connectivity index is 1.95. The minimum Gasteiger partial charge on any atom is -0.493 e. The van der Waals surface area contributed by atoms with E-state index >= 15 is 0 Å². The molecule has 0 spiro atoms. The molecule has 1 atom stereocenters. The zero-order valence-corrected chi connectivity index (χ0v) is 15.1. The third-order valence-electron chi connectivity index (χ3n) is 3.65. The number of hydrogen-bond acceptors (Lipinski definition) is 5. The van der Waals surface area contributed by atoms with Crippen molar-refractivity contribution in [3.63, 3.8) is 0 Å². The molecule has 6 nitrogen and oxygen atoms in total. The Hall–Kier alpha value is -2.25. The van der Waals surface area contributed by atoms with Crippen molar-refractivity contribution in [2.24, 2.45) is 0 Å². The molecule has 0 aliphatic rings. The minimum absolute atomic E-state index is 0.132. The first-order valence-corrected chi connectivity index (χ1v) is 8.44. The summed E-state index contributed by atoms with van der Waals surface area (Å²) >= 11 is 1.65. The molecule has 1 aromatic carbocycles. The van der Waals surface area contributed by atoms with Gasteiger partial charge in [0.05, 0.1) is 20.3 Å². The summed E-state index contributed by atoms with van der Waals surface area (Å²) in [5, 5.41) is 9.85. The van der Waals surface area contributed by atoms with E-state index < -0.39 is 0 Å². The van der Waals surface area contributed by atoms with Crippen LogP contribution in [0.4, 0.5) is 10.5 Å². The second kappa shape index (κ2) is 8.56. The highest BCUT2D eigenvalue weighted by Gasteiger charge is 2.16. The average Bonchev–Trinajstić information content (AvgIpc) is 3.08. The highest BCUT2D eigenvalue weighted by atomic mass is 32.1. The largest absolute Gasteiger partial charge is 0.493 e. The Kier molecular flexibility index (Phi) is 6.45. The van der Waals surface area contributed by atoms with Crippen LogP contribution >= 0.6 is 11.3 Å². The van der Waals surface area contributed by atoms with Crippen LogP contribution in [0.2, 0.25) is 0 Å². The first-order valence-electron chi connectivity index (χ1n) is 7.50. The van der Waals surface area contributed by atoms with Crippen LogP contribution < -0.4 is 20.1 Å². The molecule has 0 aliphatic carbocycles. The van der Waals surface area contributed by atoms with Gasteiger partial charge < -0.3 is 25.0 Å². The van der Waals surface area contributed by atoms with Crippen LogP contribution in [0.3, 0.4) is 0 Å². The highest BCUT2D eigenvalue weighted by molar-refractivity contribution is 7.07. The first-order chi connectivity index (χ1) is 11.5. The Morgan fingerprint density at radius 3 is 2.54 bits per heavy atom. The topological polar surface area (TPSA) is 62.8 Å². The third kappa shape index (κ3) is 4.62. The fourth-order valence-corrected chi connectivity index (χ4v) is 3.05. The molecule has 1 heterocycles. The van der Waals surface area contributed by atoms with Crippen molar-refractivity contribution < 1.29 is 14.3 Å². The van der Waals surface area contributed by atoms with Gasteiger partial charge in [0.1, 0.15) is 0 Å². The molecule has 2 N–H and O–H groups in total. The fourth-order valence-electron chi connectivity index (χ4n) is 2.34. The van der Waals surface area contributed by atoms with Gasteiger partial charge in [0.2, 0.25) is 0 Å². The lowest BCUT2D eigenvalue weighted by Gasteiger charge is -2.24. The maximum absolute atomic E-state index is 12.2. The van der Waals surface area contributed by atoms with Gasteiger partial charge in [0, 0.05) is 18.3 Å². The summed E-state index contributed by atoms with van der Waals surface area (Å²) in [5.41, 5.74) is 1.83. The molecule has 2 rings (SSSR count). The van der Waals surface area contributed by atoms with Crippen LogP contribution in [0.5, 0.6) is 11.5 Å². The van der Waals surface area contributed by atoms with E-state index in [1.54, 1.807) is 43.8 Å². The van der Waals surface area contributed by atoms with Crippen molar-refractivity contribution in [2.75, 3.05) is 40.2 Å². The van der Waals surface area contributed by atoms with E-state index in [4.69, 9.17) is 9.47 Å². The lowest BCUT2D eigenvalue weighted by Crippen LogP contribution is -2.36. The smallest absolute Gasteiger partial charge is 0.319 e. The summed E-state index contributed by atoms with van der Waals surface area (Å²) < 4.78 is 10.4. The second-order valence-corrected chi connectivity index (χ2v) is 6.22. The minimum atomic E-state index is -0.260. The van der Waals surface area contributed by atoms with Gasteiger partial charge >= 0.3 is 6.03 Å². The molecule has 1 aromatic heterocycles. The Bertz CT molecular complexity index is 659. The number of amides is 2. The molecule has 2 aromatic rings. The summed E-state index contributed by atoms with van der Waals surface area (Å²) in [4.78, 5) is 14.2. The Morgan fingerprint density at radius 1 is 1.21 bits per heavy atom. The predicted molar refractivity (Wildman–Crippen MR) is 97.3 cm³/mol. The van der Waals surface area contributed by atoms with Gasteiger partial charge in [-0.25, -0.2) is 4.79 Å². The van der Waals surface area contributed by atoms with Gasteiger partial charge in [-0.1, -0.05) is 0 Å². The van der Waals surface area contributed by atoms with Gasteiger partial charge in [-0.15, -0.1) is 0 Å². The van der Waals surface area contributed by atoms with E-state index in [1.807, 2.05) is 19.5 Å². The molecule has 2 amide bonds. The number of anilines is 1. The van der Waals surface area contributed by atoms with Gasteiger partial charge in [0.15, 0.2) is 11.5 Å². The molecular weight excluding hydrogens is 326 g/mol. The summed E-state index contributed by atoms with van der Waals surface area (Å²) in [6, 6.07) is 7.19. The van der Waals surface area contributed by atoms with E-state index in [1.165, 1.54) is 5.56 Å². The zero-order valence-electron chi connectivity index (χ0n) is 14.3. The summed E-state index contributed by atoms with van der Waals surface area (Å²) in [6.45, 7) is 0.517. The number of rotatable bonds is 7. The molecule has 0 bridgehead atoms. The van der Waals surface area contributed by atoms with Crippen molar-refractivity contribution in [1.29, 1.82) is 0 Å². The van der Waals surface area contributed by atoms with Crippen molar-refractivity contribution in [3.8, 4) is 11.5 Å². The fraction of sp³-hybridized carbons (Fsp3) is 0.353. The van der Waals surface area contributed by atoms with Gasteiger partial charge in [-0.05, 0) is 48.6 Å². The number of nitrogens with one attached hydrogen (secondary N) is 2. The number of thiophene rings is 1. The normalized spacial score (nSPS) is 11.9. The summed E-state index contributed by atoms with van der Waals surface area (Å²) in [5.74, 6) is 1.19. The molecule has 0 radical (unpaired) electrons. The first kappa shape index (κ1) is 18.1. The lowest BCUT2D eigenvalue weighted by atomic mass is 10.1. The number of ether oxygens (including phenoxy) is 2. The molecule has 0 fully saturated rings. The Labute approximate surface area is 146 Å². The Morgan fingerprint density at radius 2 is 1.96 bits per heavy atom. The van der Waals surface area contributed by atoms with E-state index in [0.29, 0.717) is 23.7 Å². The number of urea groups is 1. The molecule has 0 aliphatic heterocycles. The number of nitrogens with zero attached hydrogens (tertiary/aromatic N) is 1. The molecular formula is C17H23N3O3S. The average molecular weight is 349 g/mol. The van der Waals surface area contributed by atoms with Gasteiger partial charge in [-0.2, -0.15) is 11.3 Å². The van der Waals surface area contributed by atoms with Gasteiger partial charge in [-0.3, -0.25) is 0 Å². The van der Waals surface area contributed by atoms with Crippen LogP contribution in [0, 0.1) is 0 Å². The van der Waals surface area contributed by atoms with Crippen molar-refractivity contribution in [1.82, 2.24) is 10.2 Å². The number of likely N-dealkylation sites (N-methyl/N-ethyl adjacent to an activating group) is 1. The van der Waals surface area contributed by atoms with Gasteiger partial charge in [0.25, 0.3) is 0 Å². The van der Waals surface area contributed by atoms with Crippen LogP contribution in [-0.2, 0) is 0 Å². The second-order valence-electron chi connectivity index (χ2n) is 5.44. The summed E-state index contributed by atoms with van der Waals surface area (Å²) in [6.07, 6.45) is 0. The standard InChI is InChI=1S/C17H23N3O3S/c1-20(2)14(12-7-8-24-11-12)10-18-17(21)19-13-5-6-15(22-3)16(9-13)23-4/h5-9,11,14H,10H2,1-4H3,(H2,18,19,21)/t14-/m0/s1. The van der Waals surface area contributed by atoms with Crippen molar-refractivity contribution >= 4 is 23.1 Å².